The molecule has 1 aromatic heterocycles. The predicted octanol–water partition coefficient (Wildman–Crippen LogP) is 5.05. The Bertz CT molecular complexity index is 1190. The Balaban J connectivity index is 1.29. The third-order valence-corrected chi connectivity index (χ3v) is 7.31. The summed E-state index contributed by atoms with van der Waals surface area (Å²) in [5, 5.41) is 0. The van der Waals surface area contributed by atoms with Crippen LogP contribution in [0.2, 0.25) is 0 Å². The summed E-state index contributed by atoms with van der Waals surface area (Å²) in [7, 11) is 1.83. The van der Waals surface area contributed by atoms with Crippen molar-refractivity contribution >= 4 is 5.91 Å². The van der Waals surface area contributed by atoms with E-state index in [0.29, 0.717) is 23.3 Å². The van der Waals surface area contributed by atoms with E-state index in [4.69, 9.17) is 13.9 Å². The summed E-state index contributed by atoms with van der Waals surface area (Å²) in [5.74, 6) is 2.16. The Morgan fingerprint density at radius 1 is 1.11 bits per heavy atom. The summed E-state index contributed by atoms with van der Waals surface area (Å²) in [6.07, 6.45) is 3.90. The van der Waals surface area contributed by atoms with Crippen LogP contribution in [0, 0.1) is 18.7 Å². The molecule has 1 atom stereocenters. The van der Waals surface area contributed by atoms with Crippen LogP contribution in [0.25, 0.3) is 0 Å². The number of halogens is 1. The summed E-state index contributed by atoms with van der Waals surface area (Å²) < 4.78 is 30.9. The number of fused-ring (bicyclic) bond motifs is 1. The lowest BCUT2D eigenvalue weighted by atomic mass is 9.84. The topological polar surface area (TPSA) is 55.2 Å². The van der Waals surface area contributed by atoms with Gasteiger partial charge in [0.05, 0.1) is 11.8 Å². The van der Waals surface area contributed by atoms with Crippen molar-refractivity contribution in [3.63, 3.8) is 0 Å². The average Bonchev–Trinajstić information content (AvgIpc) is 3.52. The average molecular weight is 479 g/mol. The highest BCUT2D eigenvalue weighted by molar-refractivity contribution is 5.95. The number of amides is 1. The lowest BCUT2D eigenvalue weighted by Gasteiger charge is -2.40. The van der Waals surface area contributed by atoms with Gasteiger partial charge >= 0.3 is 0 Å². The van der Waals surface area contributed by atoms with Crippen LogP contribution in [0.5, 0.6) is 11.5 Å². The van der Waals surface area contributed by atoms with E-state index >= 15 is 0 Å². The Labute approximate surface area is 205 Å². The van der Waals surface area contributed by atoms with Crippen LogP contribution >= 0.6 is 0 Å². The number of ether oxygens (including phenoxy) is 2. The first-order valence-electron chi connectivity index (χ1n) is 12.1. The van der Waals surface area contributed by atoms with Gasteiger partial charge in [0.25, 0.3) is 5.91 Å². The second-order valence-electron chi connectivity index (χ2n) is 9.47. The third-order valence-electron chi connectivity index (χ3n) is 7.31. The van der Waals surface area contributed by atoms with Crippen molar-refractivity contribution in [2.24, 2.45) is 5.92 Å². The minimum Gasteiger partial charge on any atom is -0.469 e. The SMILES string of the molecule is Cc1occc1C(=O)N(C)[C@@H](Cc1ccccc1F)C1CCN(Cc2ccc3c(c2)OCO3)CC1. The fourth-order valence-corrected chi connectivity index (χ4v) is 5.25. The highest BCUT2D eigenvalue weighted by atomic mass is 19.1. The molecular formula is C28H31FN2O4. The third kappa shape index (κ3) is 5.05. The zero-order chi connectivity index (χ0) is 24.4. The Morgan fingerprint density at radius 3 is 2.63 bits per heavy atom. The molecule has 6 nitrogen and oxygen atoms in total. The summed E-state index contributed by atoms with van der Waals surface area (Å²) in [4.78, 5) is 17.5. The molecule has 0 saturated carbocycles. The lowest BCUT2D eigenvalue weighted by Crippen LogP contribution is -2.47. The van der Waals surface area contributed by atoms with E-state index < -0.39 is 0 Å². The molecule has 1 fully saturated rings. The van der Waals surface area contributed by atoms with Gasteiger partial charge in [-0.3, -0.25) is 9.69 Å². The number of carbonyl (C=O) groups excluding carboxylic acids is 1. The number of hydrogen-bond acceptors (Lipinski definition) is 5. The fourth-order valence-electron chi connectivity index (χ4n) is 5.25. The number of likely N-dealkylation sites (N-methyl/N-ethyl adjacent to an activating group) is 1. The molecule has 1 amide bonds. The number of benzene rings is 2. The number of piperidine rings is 1. The van der Waals surface area contributed by atoms with Crippen molar-refractivity contribution in [2.45, 2.75) is 38.8 Å². The van der Waals surface area contributed by atoms with Gasteiger partial charge in [-0.1, -0.05) is 24.3 Å². The monoisotopic (exact) mass is 478 g/mol. The van der Waals surface area contributed by atoms with Gasteiger partial charge in [0.1, 0.15) is 11.6 Å². The molecule has 0 aliphatic carbocycles. The van der Waals surface area contributed by atoms with E-state index in [9.17, 15) is 9.18 Å². The van der Waals surface area contributed by atoms with Crippen LogP contribution in [0.3, 0.4) is 0 Å². The molecule has 2 aromatic carbocycles. The van der Waals surface area contributed by atoms with Gasteiger partial charge < -0.3 is 18.8 Å². The van der Waals surface area contributed by atoms with Crippen LogP contribution in [-0.4, -0.2) is 48.7 Å². The molecule has 35 heavy (non-hydrogen) atoms. The highest BCUT2D eigenvalue weighted by Gasteiger charge is 2.33. The zero-order valence-corrected chi connectivity index (χ0v) is 20.2. The second kappa shape index (κ2) is 10.1. The number of aryl methyl sites for hydroxylation is 1. The molecule has 5 rings (SSSR count). The molecule has 184 valence electrons. The normalized spacial score (nSPS) is 16.9. The molecule has 3 heterocycles. The van der Waals surface area contributed by atoms with Gasteiger partial charge in [-0.25, -0.2) is 4.39 Å². The van der Waals surface area contributed by atoms with Gasteiger partial charge in [0.15, 0.2) is 11.5 Å². The maximum absolute atomic E-state index is 14.6. The zero-order valence-electron chi connectivity index (χ0n) is 20.2. The first-order valence-corrected chi connectivity index (χ1v) is 12.1. The number of furan rings is 1. The minimum atomic E-state index is -0.224. The summed E-state index contributed by atoms with van der Waals surface area (Å²) in [5.41, 5.74) is 2.40. The first-order chi connectivity index (χ1) is 17.0. The molecule has 0 spiro atoms. The second-order valence-corrected chi connectivity index (χ2v) is 9.47. The van der Waals surface area contributed by atoms with Crippen LogP contribution in [0.15, 0.2) is 59.2 Å². The molecule has 0 radical (unpaired) electrons. The number of likely N-dealkylation sites (tertiary alicyclic amines) is 1. The summed E-state index contributed by atoms with van der Waals surface area (Å²) in [6.45, 7) is 4.74. The molecule has 7 heteroatoms. The van der Waals surface area contributed by atoms with Gasteiger partial charge in [-0.05, 0) is 80.6 Å². The predicted molar refractivity (Wildman–Crippen MR) is 130 cm³/mol. The maximum Gasteiger partial charge on any atom is 0.257 e. The Kier molecular flexibility index (Phi) is 6.77. The van der Waals surface area contributed by atoms with Crippen molar-refractivity contribution in [1.82, 2.24) is 9.80 Å². The number of rotatable bonds is 7. The van der Waals surface area contributed by atoms with Crippen molar-refractivity contribution in [2.75, 3.05) is 26.9 Å². The van der Waals surface area contributed by atoms with Crippen molar-refractivity contribution in [3.05, 3.63) is 83.1 Å². The van der Waals surface area contributed by atoms with Gasteiger partial charge in [-0.15, -0.1) is 0 Å². The molecule has 3 aromatic rings. The van der Waals surface area contributed by atoms with Gasteiger partial charge in [0, 0.05) is 19.6 Å². The Hall–Kier alpha value is -3.32. The summed E-state index contributed by atoms with van der Waals surface area (Å²) in [6, 6.07) is 14.6. The van der Waals surface area contributed by atoms with Gasteiger partial charge in [0.2, 0.25) is 6.79 Å². The van der Waals surface area contributed by atoms with E-state index in [1.165, 1.54) is 17.9 Å². The molecule has 1 saturated heterocycles. The highest BCUT2D eigenvalue weighted by Crippen LogP contribution is 2.34. The van der Waals surface area contributed by atoms with Crippen LogP contribution < -0.4 is 9.47 Å². The molecule has 2 aliphatic rings. The van der Waals surface area contributed by atoms with Crippen molar-refractivity contribution in [1.29, 1.82) is 0 Å². The smallest absolute Gasteiger partial charge is 0.257 e. The van der Waals surface area contributed by atoms with E-state index in [1.54, 1.807) is 24.0 Å². The number of hydrogen-bond donors (Lipinski definition) is 0. The first kappa shape index (κ1) is 23.4. The fraction of sp³-hybridized carbons (Fsp3) is 0.393. The molecule has 0 N–H and O–H groups in total. The standard InChI is InChI=1S/C28H31FN2O4/c1-19-23(11-14-33-19)28(32)30(2)25(16-22-5-3-4-6-24(22)29)21-9-12-31(13-10-21)17-20-7-8-26-27(15-20)35-18-34-26/h3-8,11,14-15,21,25H,9-10,12-13,16-18H2,1-2H3/t25-/m0/s1. The van der Waals surface area contributed by atoms with Crippen molar-refractivity contribution < 1.29 is 23.1 Å². The maximum atomic E-state index is 14.6. The molecular weight excluding hydrogens is 447 g/mol. The van der Waals surface area contributed by atoms with E-state index in [0.717, 1.165) is 44.0 Å². The molecule has 0 unspecified atom stereocenters. The quantitative estimate of drug-likeness (QED) is 0.476. The van der Waals surface area contributed by atoms with Crippen LogP contribution in [-0.2, 0) is 13.0 Å². The van der Waals surface area contributed by atoms with Crippen LogP contribution in [0.4, 0.5) is 4.39 Å². The molecule has 2 aliphatic heterocycles. The minimum absolute atomic E-state index is 0.0830. The number of carbonyl (C=O) groups is 1. The summed E-state index contributed by atoms with van der Waals surface area (Å²) >= 11 is 0. The van der Waals surface area contributed by atoms with Gasteiger partial charge in [-0.2, -0.15) is 0 Å². The Morgan fingerprint density at radius 2 is 1.89 bits per heavy atom. The van der Waals surface area contributed by atoms with E-state index in [-0.39, 0.29) is 30.5 Å². The van der Waals surface area contributed by atoms with E-state index in [1.807, 2.05) is 25.2 Å². The number of nitrogens with zero attached hydrogens (tertiary/aromatic N) is 2. The van der Waals surface area contributed by atoms with Crippen LogP contribution in [0.1, 0.15) is 40.1 Å². The molecule has 0 bridgehead atoms. The lowest BCUT2D eigenvalue weighted by molar-refractivity contribution is 0.0581. The van der Waals surface area contributed by atoms with E-state index in [2.05, 4.69) is 17.0 Å². The largest absolute Gasteiger partial charge is 0.469 e. The van der Waals surface area contributed by atoms with Crippen molar-refractivity contribution in [3.8, 4) is 11.5 Å².